The number of nitrogens with one attached hydrogen (secondary N) is 2. The minimum absolute atomic E-state index is 0.00744. The predicted octanol–water partition coefficient (Wildman–Crippen LogP) is 2.98. The smallest absolute Gasteiger partial charge is 0.220 e. The van der Waals surface area contributed by atoms with E-state index in [1.165, 1.54) is 0 Å². The highest BCUT2D eigenvalue weighted by Crippen LogP contribution is 2.36. The van der Waals surface area contributed by atoms with Crippen molar-refractivity contribution in [1.82, 2.24) is 15.6 Å². The molecule has 5 heteroatoms. The van der Waals surface area contributed by atoms with Crippen molar-refractivity contribution in [1.29, 1.82) is 0 Å². The molecule has 1 unspecified atom stereocenters. The minimum atomic E-state index is -0.00744. The van der Waals surface area contributed by atoms with Crippen LogP contribution in [-0.2, 0) is 9.59 Å². The molecule has 0 aromatic carbocycles. The van der Waals surface area contributed by atoms with Crippen LogP contribution in [0.5, 0.6) is 0 Å². The van der Waals surface area contributed by atoms with Gasteiger partial charge in [0.15, 0.2) is 0 Å². The Labute approximate surface area is 144 Å². The van der Waals surface area contributed by atoms with Crippen molar-refractivity contribution in [3.05, 3.63) is 30.1 Å². The Bertz CT molecular complexity index is 525. The molecule has 0 saturated heterocycles. The molecule has 1 atom stereocenters. The molecule has 2 amide bonds. The van der Waals surface area contributed by atoms with Gasteiger partial charge in [-0.05, 0) is 56.1 Å². The van der Waals surface area contributed by atoms with Gasteiger partial charge in [-0.3, -0.25) is 14.6 Å². The maximum atomic E-state index is 12.1. The number of aromatic nitrogens is 1. The van der Waals surface area contributed by atoms with Crippen molar-refractivity contribution >= 4 is 11.8 Å². The van der Waals surface area contributed by atoms with E-state index in [1.54, 1.807) is 13.1 Å². The molecule has 132 valence electrons. The molecule has 1 aromatic heterocycles. The van der Waals surface area contributed by atoms with Gasteiger partial charge in [-0.1, -0.05) is 13.0 Å². The Morgan fingerprint density at radius 3 is 2.58 bits per heavy atom. The first-order valence-corrected chi connectivity index (χ1v) is 9.04. The van der Waals surface area contributed by atoms with Crippen LogP contribution >= 0.6 is 0 Å². The lowest BCUT2D eigenvalue weighted by Gasteiger charge is -2.34. The van der Waals surface area contributed by atoms with E-state index in [1.807, 2.05) is 25.1 Å². The summed E-state index contributed by atoms with van der Waals surface area (Å²) in [5, 5.41) is 6.12. The number of hydrogen-bond acceptors (Lipinski definition) is 3. The van der Waals surface area contributed by atoms with Crippen LogP contribution in [0.1, 0.15) is 64.1 Å². The molecular formula is C19H29N3O2. The number of nitrogens with zero attached hydrogens (tertiary/aromatic N) is 1. The number of carbonyl (C=O) groups excluding carboxylic acids is 2. The van der Waals surface area contributed by atoms with Crippen LogP contribution in [0.15, 0.2) is 24.4 Å². The highest BCUT2D eigenvalue weighted by atomic mass is 16.2. The lowest BCUT2D eigenvalue weighted by molar-refractivity contribution is -0.122. The quantitative estimate of drug-likeness (QED) is 0.807. The number of pyridine rings is 1. The number of carbonyl (C=O) groups is 2. The molecule has 5 nitrogen and oxygen atoms in total. The maximum absolute atomic E-state index is 12.1. The first kappa shape index (κ1) is 18.4. The standard InChI is InChI=1S/C19H29N3O2/c1-3-6-18(24)22-19(17-7-4-5-12-20-17)16-10-8-15(9-11-16)13-21-14(2)23/h4-5,7,12,15-16,19H,3,6,8-11,13H2,1-2H3,(H,21,23)(H,22,24). The molecule has 1 aliphatic carbocycles. The third-order valence-electron chi connectivity index (χ3n) is 4.80. The zero-order chi connectivity index (χ0) is 17.4. The summed E-state index contributed by atoms with van der Waals surface area (Å²) in [7, 11) is 0. The monoisotopic (exact) mass is 331 g/mol. The molecule has 0 aliphatic heterocycles. The van der Waals surface area contributed by atoms with Crippen molar-refractivity contribution in [3.63, 3.8) is 0 Å². The fourth-order valence-electron chi connectivity index (χ4n) is 3.48. The molecule has 2 N–H and O–H groups in total. The van der Waals surface area contributed by atoms with Crippen molar-refractivity contribution < 1.29 is 9.59 Å². The minimum Gasteiger partial charge on any atom is -0.356 e. The van der Waals surface area contributed by atoms with Crippen LogP contribution in [0.2, 0.25) is 0 Å². The zero-order valence-electron chi connectivity index (χ0n) is 14.8. The van der Waals surface area contributed by atoms with E-state index < -0.39 is 0 Å². The van der Waals surface area contributed by atoms with E-state index in [0.29, 0.717) is 18.3 Å². The number of rotatable bonds is 7. The summed E-state index contributed by atoms with van der Waals surface area (Å²) in [6.07, 6.45) is 7.47. The molecule has 0 radical (unpaired) electrons. The second-order valence-corrected chi connectivity index (χ2v) is 6.77. The Morgan fingerprint density at radius 1 is 1.25 bits per heavy atom. The molecular weight excluding hydrogens is 302 g/mol. The van der Waals surface area contributed by atoms with Crippen LogP contribution in [-0.4, -0.2) is 23.3 Å². The summed E-state index contributed by atoms with van der Waals surface area (Å²) >= 11 is 0. The average Bonchev–Trinajstić information content (AvgIpc) is 2.59. The first-order valence-electron chi connectivity index (χ1n) is 9.04. The van der Waals surface area contributed by atoms with Gasteiger partial charge >= 0.3 is 0 Å². The third kappa shape index (κ3) is 5.62. The van der Waals surface area contributed by atoms with Crippen molar-refractivity contribution in [2.75, 3.05) is 6.54 Å². The van der Waals surface area contributed by atoms with Gasteiger partial charge in [0.1, 0.15) is 0 Å². The van der Waals surface area contributed by atoms with Gasteiger partial charge in [0.05, 0.1) is 11.7 Å². The molecule has 1 saturated carbocycles. The number of amides is 2. The van der Waals surface area contributed by atoms with E-state index in [0.717, 1.165) is 44.3 Å². The fraction of sp³-hybridized carbons (Fsp3) is 0.632. The van der Waals surface area contributed by atoms with Gasteiger partial charge < -0.3 is 10.6 Å². The largest absolute Gasteiger partial charge is 0.356 e. The number of hydrogen-bond donors (Lipinski definition) is 2. The second-order valence-electron chi connectivity index (χ2n) is 6.77. The summed E-state index contributed by atoms with van der Waals surface area (Å²) in [5.41, 5.74) is 0.951. The molecule has 0 spiro atoms. The Hall–Kier alpha value is -1.91. The molecule has 2 rings (SSSR count). The summed E-state index contributed by atoms with van der Waals surface area (Å²) in [6.45, 7) is 4.34. The van der Waals surface area contributed by atoms with Crippen molar-refractivity contribution in [3.8, 4) is 0 Å². The van der Waals surface area contributed by atoms with Gasteiger partial charge in [-0.15, -0.1) is 0 Å². The lowest BCUT2D eigenvalue weighted by Crippen LogP contribution is -2.37. The molecule has 1 aromatic rings. The average molecular weight is 331 g/mol. The van der Waals surface area contributed by atoms with E-state index in [-0.39, 0.29) is 17.9 Å². The summed E-state index contributed by atoms with van der Waals surface area (Å²) in [6, 6.07) is 5.87. The Kier molecular flexibility index (Phi) is 7.22. The van der Waals surface area contributed by atoms with Crippen LogP contribution in [0.3, 0.4) is 0 Å². The van der Waals surface area contributed by atoms with Crippen LogP contribution in [0.25, 0.3) is 0 Å². The fourth-order valence-corrected chi connectivity index (χ4v) is 3.48. The van der Waals surface area contributed by atoms with E-state index in [9.17, 15) is 9.59 Å². The highest BCUT2D eigenvalue weighted by molar-refractivity contribution is 5.76. The summed E-state index contributed by atoms with van der Waals surface area (Å²) in [5.74, 6) is 1.10. The van der Waals surface area contributed by atoms with E-state index >= 15 is 0 Å². The van der Waals surface area contributed by atoms with Crippen LogP contribution in [0, 0.1) is 11.8 Å². The lowest BCUT2D eigenvalue weighted by atomic mass is 9.77. The molecule has 0 bridgehead atoms. The van der Waals surface area contributed by atoms with Crippen LogP contribution in [0.4, 0.5) is 0 Å². The van der Waals surface area contributed by atoms with Gasteiger partial charge in [0.2, 0.25) is 11.8 Å². The molecule has 1 fully saturated rings. The van der Waals surface area contributed by atoms with Gasteiger partial charge in [0, 0.05) is 26.1 Å². The first-order chi connectivity index (χ1) is 11.6. The summed E-state index contributed by atoms with van der Waals surface area (Å²) in [4.78, 5) is 27.7. The van der Waals surface area contributed by atoms with Gasteiger partial charge in [0.25, 0.3) is 0 Å². The molecule has 1 aliphatic rings. The SMILES string of the molecule is CCCC(=O)NC(c1ccccn1)C1CCC(CNC(C)=O)CC1. The Morgan fingerprint density at radius 2 is 2.00 bits per heavy atom. The van der Waals surface area contributed by atoms with Crippen molar-refractivity contribution in [2.24, 2.45) is 11.8 Å². The zero-order valence-corrected chi connectivity index (χ0v) is 14.8. The Balaban J connectivity index is 1.98. The second kappa shape index (κ2) is 9.40. The topological polar surface area (TPSA) is 71.1 Å². The third-order valence-corrected chi connectivity index (χ3v) is 4.80. The predicted molar refractivity (Wildman–Crippen MR) is 94.2 cm³/mol. The van der Waals surface area contributed by atoms with Crippen molar-refractivity contribution in [2.45, 2.75) is 58.4 Å². The van der Waals surface area contributed by atoms with Gasteiger partial charge in [-0.2, -0.15) is 0 Å². The highest BCUT2D eigenvalue weighted by Gasteiger charge is 2.30. The van der Waals surface area contributed by atoms with Gasteiger partial charge in [-0.25, -0.2) is 0 Å². The normalized spacial score (nSPS) is 21.8. The summed E-state index contributed by atoms with van der Waals surface area (Å²) < 4.78 is 0. The maximum Gasteiger partial charge on any atom is 0.220 e. The van der Waals surface area contributed by atoms with E-state index in [4.69, 9.17) is 0 Å². The molecule has 24 heavy (non-hydrogen) atoms. The molecule has 1 heterocycles. The van der Waals surface area contributed by atoms with E-state index in [2.05, 4.69) is 15.6 Å². The van der Waals surface area contributed by atoms with Crippen LogP contribution < -0.4 is 10.6 Å².